The smallest absolute Gasteiger partial charge is 0.190 e. The van der Waals surface area contributed by atoms with E-state index in [2.05, 4.69) is 36.4 Å². The third kappa shape index (κ3) is 10.1. The van der Waals surface area contributed by atoms with Crippen molar-refractivity contribution in [3.8, 4) is 0 Å². The Bertz CT molecular complexity index is 1860. The van der Waals surface area contributed by atoms with Crippen LogP contribution < -0.4 is 0 Å². The van der Waals surface area contributed by atoms with Crippen molar-refractivity contribution in [1.82, 2.24) is 0 Å². The van der Waals surface area contributed by atoms with E-state index in [-0.39, 0.29) is 6.61 Å². The predicted octanol–water partition coefficient (Wildman–Crippen LogP) is 7.68. The lowest BCUT2D eigenvalue weighted by Gasteiger charge is -2.46. The van der Waals surface area contributed by atoms with Gasteiger partial charge in [0.1, 0.15) is 54.9 Å². The average Bonchev–Trinajstić information content (AvgIpc) is 3.73. The van der Waals surface area contributed by atoms with Gasteiger partial charge in [-0.3, -0.25) is 0 Å². The van der Waals surface area contributed by atoms with Crippen LogP contribution in [0.2, 0.25) is 0 Å². The quantitative estimate of drug-likeness (QED) is 0.112. The molecule has 4 fully saturated rings. The van der Waals surface area contributed by atoms with Gasteiger partial charge in [-0.15, -0.1) is 0 Å². The molecule has 0 radical (unpaired) electrons. The van der Waals surface area contributed by atoms with Gasteiger partial charge < -0.3 is 47.4 Å². The fraction of sp³-hybridized carbons (Fsp3) is 0.447. The summed E-state index contributed by atoms with van der Waals surface area (Å²) in [6.07, 6.45) is -1.28. The summed E-state index contributed by atoms with van der Waals surface area (Å²) >= 11 is 0. The Hall–Kier alpha value is -3.78. The first kappa shape index (κ1) is 40.0. The van der Waals surface area contributed by atoms with Crippen LogP contribution in [0.1, 0.15) is 49.9 Å². The summed E-state index contributed by atoms with van der Waals surface area (Å²) in [6, 6.07) is 40.5. The van der Waals surface area contributed by atoms with Crippen LogP contribution in [0.4, 0.5) is 0 Å². The molecule has 0 unspecified atom stereocenters. The van der Waals surface area contributed by atoms with Gasteiger partial charge in [-0.2, -0.15) is 0 Å². The van der Waals surface area contributed by atoms with Crippen molar-refractivity contribution in [2.45, 2.75) is 127 Å². The second-order valence-corrected chi connectivity index (χ2v) is 15.9. The van der Waals surface area contributed by atoms with E-state index in [4.69, 9.17) is 47.4 Å². The molecule has 0 N–H and O–H groups in total. The number of hydrogen-bond acceptors (Lipinski definition) is 10. The lowest BCUT2D eigenvalue weighted by Crippen LogP contribution is -2.61. The van der Waals surface area contributed by atoms with Crippen LogP contribution in [0.15, 0.2) is 133 Å². The van der Waals surface area contributed by atoms with Crippen LogP contribution in [0.25, 0.3) is 0 Å². The molecule has 4 aliphatic rings. The Labute approximate surface area is 335 Å². The molecule has 57 heavy (non-hydrogen) atoms. The maximum absolute atomic E-state index is 7.05. The number of ether oxygens (including phenoxy) is 10. The second kappa shape index (κ2) is 18.0. The summed E-state index contributed by atoms with van der Waals surface area (Å²) in [6.45, 7) is 9.30. The first-order valence-electron chi connectivity index (χ1n) is 20.0. The van der Waals surface area contributed by atoms with E-state index >= 15 is 0 Å². The van der Waals surface area contributed by atoms with Gasteiger partial charge >= 0.3 is 0 Å². The Balaban J connectivity index is 1.12. The van der Waals surface area contributed by atoms with Gasteiger partial charge in [0.15, 0.2) is 17.9 Å². The number of hydrogen-bond donors (Lipinski definition) is 0. The topological polar surface area (TPSA) is 92.3 Å². The van der Waals surface area contributed by atoms with Crippen molar-refractivity contribution < 1.29 is 47.4 Å². The van der Waals surface area contributed by atoms with Gasteiger partial charge in [-0.25, -0.2) is 0 Å². The van der Waals surface area contributed by atoms with Crippen LogP contribution in [0.3, 0.4) is 0 Å². The van der Waals surface area contributed by atoms with Crippen molar-refractivity contribution in [2.75, 3.05) is 6.61 Å². The average molecular weight is 779 g/mol. The molecule has 10 nitrogen and oxygen atoms in total. The van der Waals surface area contributed by atoms with Gasteiger partial charge in [0.05, 0.1) is 33.0 Å². The summed E-state index contributed by atoms with van der Waals surface area (Å²) in [5.41, 5.74) is 4.17. The number of rotatable bonds is 15. The van der Waals surface area contributed by atoms with E-state index in [1.54, 1.807) is 0 Å². The van der Waals surface area contributed by atoms with E-state index < -0.39 is 72.8 Å². The molecular formula is C47H54O10. The minimum Gasteiger partial charge on any atom is -0.374 e. The third-order valence-corrected chi connectivity index (χ3v) is 10.6. The minimum absolute atomic E-state index is 0.259. The summed E-state index contributed by atoms with van der Waals surface area (Å²) in [7, 11) is 0. The first-order chi connectivity index (χ1) is 27.7. The molecule has 0 bridgehead atoms. The van der Waals surface area contributed by atoms with Crippen molar-refractivity contribution in [3.05, 3.63) is 156 Å². The highest BCUT2D eigenvalue weighted by molar-refractivity contribution is 5.18. The fourth-order valence-corrected chi connectivity index (χ4v) is 8.00. The molecule has 10 heteroatoms. The van der Waals surface area contributed by atoms with E-state index in [0.717, 1.165) is 22.3 Å². The SMILES string of the molecule is CC1(C)O[C@H]2[C@@H](O1)[C@@H](/C=C/[C@@H]1O[C@H](COCc3ccccc3)[C@@H](OCc3ccccc3)[C@H](OCc3ccccc3)[C@@H]1OCc1ccccc1)O[C@@H]1OC(C)(C)O[C@@H]12. The van der Waals surface area contributed by atoms with Crippen LogP contribution in [-0.2, 0) is 73.8 Å². The second-order valence-electron chi connectivity index (χ2n) is 15.9. The Kier molecular flexibility index (Phi) is 12.6. The number of fused-ring (bicyclic) bond motifs is 3. The summed E-state index contributed by atoms with van der Waals surface area (Å²) in [5.74, 6) is -1.66. The molecule has 302 valence electrons. The first-order valence-corrected chi connectivity index (χ1v) is 20.0. The zero-order chi connectivity index (χ0) is 39.2. The minimum atomic E-state index is -0.834. The normalized spacial score (nSPS) is 31.6. The van der Waals surface area contributed by atoms with E-state index in [0.29, 0.717) is 26.4 Å². The van der Waals surface area contributed by atoms with Crippen LogP contribution in [0, 0.1) is 0 Å². The molecule has 0 spiro atoms. The van der Waals surface area contributed by atoms with Crippen molar-refractivity contribution in [2.24, 2.45) is 0 Å². The molecule has 0 amide bonds. The summed E-state index contributed by atoms with van der Waals surface area (Å²) in [4.78, 5) is 0. The van der Waals surface area contributed by atoms with Gasteiger partial charge in [0, 0.05) is 0 Å². The van der Waals surface area contributed by atoms with Gasteiger partial charge in [0.2, 0.25) is 0 Å². The molecule has 0 aliphatic carbocycles. The van der Waals surface area contributed by atoms with Crippen molar-refractivity contribution in [3.63, 3.8) is 0 Å². The molecule has 8 rings (SSSR count). The van der Waals surface area contributed by atoms with E-state index in [1.165, 1.54) is 0 Å². The Morgan fingerprint density at radius 3 is 1.46 bits per heavy atom. The molecular weight excluding hydrogens is 725 g/mol. The Morgan fingerprint density at radius 1 is 0.456 bits per heavy atom. The van der Waals surface area contributed by atoms with Crippen molar-refractivity contribution >= 4 is 0 Å². The highest BCUT2D eigenvalue weighted by Crippen LogP contribution is 2.44. The maximum Gasteiger partial charge on any atom is 0.190 e. The number of benzene rings is 4. The predicted molar refractivity (Wildman–Crippen MR) is 211 cm³/mol. The van der Waals surface area contributed by atoms with Gasteiger partial charge in [-0.05, 0) is 49.9 Å². The fourth-order valence-electron chi connectivity index (χ4n) is 8.00. The van der Waals surface area contributed by atoms with Gasteiger partial charge in [-0.1, -0.05) is 133 Å². The lowest BCUT2D eigenvalue weighted by atomic mass is 9.92. The zero-order valence-electron chi connectivity index (χ0n) is 33.1. The maximum atomic E-state index is 7.05. The molecule has 4 aliphatic heterocycles. The summed E-state index contributed by atoms with van der Waals surface area (Å²) in [5, 5.41) is 0. The van der Waals surface area contributed by atoms with E-state index in [9.17, 15) is 0 Å². The molecule has 10 atom stereocenters. The van der Waals surface area contributed by atoms with Crippen molar-refractivity contribution in [1.29, 1.82) is 0 Å². The zero-order valence-corrected chi connectivity index (χ0v) is 33.1. The monoisotopic (exact) mass is 778 g/mol. The lowest BCUT2D eigenvalue weighted by molar-refractivity contribution is -0.263. The summed E-state index contributed by atoms with van der Waals surface area (Å²) < 4.78 is 66.0. The van der Waals surface area contributed by atoms with Crippen LogP contribution in [-0.4, -0.2) is 79.4 Å². The molecule has 4 saturated heterocycles. The highest BCUT2D eigenvalue weighted by Gasteiger charge is 2.60. The Morgan fingerprint density at radius 2 is 0.895 bits per heavy atom. The van der Waals surface area contributed by atoms with Gasteiger partial charge in [0.25, 0.3) is 0 Å². The molecule has 4 aromatic rings. The van der Waals surface area contributed by atoms with Crippen LogP contribution in [0.5, 0.6) is 0 Å². The molecule has 4 aromatic carbocycles. The van der Waals surface area contributed by atoms with E-state index in [1.807, 2.05) is 125 Å². The third-order valence-electron chi connectivity index (χ3n) is 10.6. The molecule has 4 heterocycles. The standard InChI is InChI=1S/C47H54O10/c1-46(2)54-41-37(53-45-44(43(41)55-46)56-47(3,4)57-45)26-25-36-39(49-28-33-19-11-6-12-20-33)42(51-30-35-23-15-8-16-24-35)40(50-29-34-21-13-7-14-22-34)38(52-36)31-48-27-32-17-9-5-10-18-32/h5-26,36-45H,27-31H2,1-4H3/b26-25+/t36-,37+,38+,39+,40+,41-,42+,43-,44+,45+/m0/s1. The largest absolute Gasteiger partial charge is 0.374 e. The van der Waals surface area contributed by atoms with Crippen LogP contribution >= 0.6 is 0 Å². The molecule has 0 saturated carbocycles. The molecule has 0 aromatic heterocycles. The highest BCUT2D eigenvalue weighted by atomic mass is 16.9.